The molecule has 1 aliphatic rings. The molecule has 1 aliphatic heterocycles. The lowest BCUT2D eigenvalue weighted by Crippen LogP contribution is -2.38. The third kappa shape index (κ3) is 3.29. The van der Waals surface area contributed by atoms with E-state index in [2.05, 4.69) is 6.07 Å². The molecule has 22 heavy (non-hydrogen) atoms. The number of hydrogen-bond acceptors (Lipinski definition) is 4. The summed E-state index contributed by atoms with van der Waals surface area (Å²) in [5, 5.41) is 8.87. The van der Waals surface area contributed by atoms with E-state index in [1.807, 2.05) is 0 Å². The van der Waals surface area contributed by atoms with Crippen LogP contribution in [0.5, 0.6) is 0 Å². The van der Waals surface area contributed by atoms with Gasteiger partial charge >= 0.3 is 0 Å². The minimum Gasteiger partial charge on any atom is -0.339 e. The predicted molar refractivity (Wildman–Crippen MR) is 81.6 cm³/mol. The Bertz CT molecular complexity index is 682. The SMILES string of the molecule is CN(C)S(=O)(=O)c1ccc(C(=O)N2CCC(C#N)CC2)cc1. The number of hydrogen-bond donors (Lipinski definition) is 0. The number of amides is 1. The Balaban J connectivity index is 2.11. The number of nitrogens with zero attached hydrogens (tertiary/aromatic N) is 3. The second-order valence-corrected chi connectivity index (χ2v) is 7.66. The van der Waals surface area contributed by atoms with Crippen molar-refractivity contribution in [2.24, 2.45) is 5.92 Å². The summed E-state index contributed by atoms with van der Waals surface area (Å²) < 4.78 is 25.1. The van der Waals surface area contributed by atoms with Gasteiger partial charge in [-0.3, -0.25) is 4.79 Å². The van der Waals surface area contributed by atoms with Crippen molar-refractivity contribution in [1.29, 1.82) is 5.26 Å². The van der Waals surface area contributed by atoms with Crippen molar-refractivity contribution in [2.45, 2.75) is 17.7 Å². The van der Waals surface area contributed by atoms with Crippen molar-refractivity contribution in [2.75, 3.05) is 27.2 Å². The average Bonchev–Trinajstić information content (AvgIpc) is 2.54. The van der Waals surface area contributed by atoms with Gasteiger partial charge in [0.15, 0.2) is 0 Å². The maximum atomic E-state index is 12.4. The Hall–Kier alpha value is -1.91. The third-order valence-corrected chi connectivity index (χ3v) is 5.67. The number of sulfonamides is 1. The number of piperidine rings is 1. The Morgan fingerprint density at radius 2 is 1.77 bits per heavy atom. The highest BCUT2D eigenvalue weighted by Crippen LogP contribution is 2.19. The molecular weight excluding hydrogens is 302 g/mol. The van der Waals surface area contributed by atoms with Crippen LogP contribution in [-0.2, 0) is 10.0 Å². The molecule has 6 nitrogen and oxygen atoms in total. The fourth-order valence-electron chi connectivity index (χ4n) is 2.37. The van der Waals surface area contributed by atoms with Gasteiger partial charge in [0.1, 0.15) is 0 Å². The van der Waals surface area contributed by atoms with Crippen molar-refractivity contribution < 1.29 is 13.2 Å². The minimum atomic E-state index is -3.48. The van der Waals surface area contributed by atoms with Gasteiger partial charge in [-0.25, -0.2) is 12.7 Å². The molecule has 1 saturated heterocycles. The lowest BCUT2D eigenvalue weighted by atomic mass is 9.98. The first-order valence-corrected chi connectivity index (χ1v) is 8.51. The number of nitriles is 1. The molecule has 0 aromatic heterocycles. The molecular formula is C15H19N3O3S. The van der Waals surface area contributed by atoms with Crippen LogP contribution in [0.25, 0.3) is 0 Å². The lowest BCUT2D eigenvalue weighted by molar-refractivity contribution is 0.0707. The fraction of sp³-hybridized carbons (Fsp3) is 0.467. The van der Waals surface area contributed by atoms with Gasteiger partial charge in [0.25, 0.3) is 5.91 Å². The Morgan fingerprint density at radius 3 is 2.23 bits per heavy atom. The van der Waals surface area contributed by atoms with Crippen LogP contribution in [0.2, 0.25) is 0 Å². The van der Waals surface area contributed by atoms with Gasteiger partial charge in [0.05, 0.1) is 11.0 Å². The van der Waals surface area contributed by atoms with E-state index in [1.165, 1.54) is 38.4 Å². The van der Waals surface area contributed by atoms with Crippen LogP contribution >= 0.6 is 0 Å². The normalized spacial score (nSPS) is 16.5. The maximum absolute atomic E-state index is 12.4. The van der Waals surface area contributed by atoms with Crippen molar-refractivity contribution in [3.63, 3.8) is 0 Å². The Labute approximate surface area is 131 Å². The average molecular weight is 321 g/mol. The van der Waals surface area contributed by atoms with E-state index >= 15 is 0 Å². The van der Waals surface area contributed by atoms with E-state index in [0.717, 1.165) is 4.31 Å². The van der Waals surface area contributed by atoms with Crippen LogP contribution in [0.3, 0.4) is 0 Å². The van der Waals surface area contributed by atoms with Gasteiger partial charge in [0.2, 0.25) is 10.0 Å². The molecule has 1 aromatic carbocycles. The smallest absolute Gasteiger partial charge is 0.253 e. The summed E-state index contributed by atoms with van der Waals surface area (Å²) in [7, 11) is -0.550. The summed E-state index contributed by atoms with van der Waals surface area (Å²) in [6.07, 6.45) is 1.38. The first-order chi connectivity index (χ1) is 10.4. The summed E-state index contributed by atoms with van der Waals surface area (Å²) in [5.74, 6) is -0.0955. The second-order valence-electron chi connectivity index (χ2n) is 5.51. The van der Waals surface area contributed by atoms with E-state index in [1.54, 1.807) is 4.90 Å². The lowest BCUT2D eigenvalue weighted by Gasteiger charge is -2.29. The van der Waals surface area contributed by atoms with Crippen molar-refractivity contribution in [3.05, 3.63) is 29.8 Å². The monoisotopic (exact) mass is 321 g/mol. The van der Waals surface area contributed by atoms with Gasteiger partial charge in [0, 0.05) is 38.7 Å². The molecule has 2 rings (SSSR count). The number of carbonyl (C=O) groups is 1. The number of rotatable bonds is 3. The van der Waals surface area contributed by atoms with Crippen molar-refractivity contribution in [1.82, 2.24) is 9.21 Å². The summed E-state index contributed by atoms with van der Waals surface area (Å²) in [4.78, 5) is 14.2. The molecule has 1 amide bonds. The zero-order valence-electron chi connectivity index (χ0n) is 12.7. The highest BCUT2D eigenvalue weighted by atomic mass is 32.2. The molecule has 1 fully saturated rings. The first-order valence-electron chi connectivity index (χ1n) is 7.07. The number of benzene rings is 1. The molecule has 0 saturated carbocycles. The van der Waals surface area contributed by atoms with Crippen LogP contribution in [0, 0.1) is 17.2 Å². The van der Waals surface area contributed by atoms with Gasteiger partial charge in [-0.1, -0.05) is 0 Å². The second kappa shape index (κ2) is 6.46. The van der Waals surface area contributed by atoms with Crippen LogP contribution in [0.4, 0.5) is 0 Å². The number of likely N-dealkylation sites (tertiary alicyclic amines) is 1. The van der Waals surface area contributed by atoms with Crippen LogP contribution in [0.1, 0.15) is 23.2 Å². The van der Waals surface area contributed by atoms with Gasteiger partial charge in [-0.2, -0.15) is 5.26 Å². The molecule has 0 radical (unpaired) electrons. The van der Waals surface area contributed by atoms with E-state index in [9.17, 15) is 13.2 Å². The molecule has 118 valence electrons. The minimum absolute atomic E-state index is 0.0247. The van der Waals surface area contributed by atoms with Crippen molar-refractivity contribution in [3.8, 4) is 6.07 Å². The van der Waals surface area contributed by atoms with Gasteiger partial charge in [-0.15, -0.1) is 0 Å². The molecule has 1 aromatic rings. The highest BCUT2D eigenvalue weighted by molar-refractivity contribution is 7.89. The fourth-order valence-corrected chi connectivity index (χ4v) is 3.28. The molecule has 7 heteroatoms. The zero-order chi connectivity index (χ0) is 16.3. The summed E-state index contributed by atoms with van der Waals surface area (Å²) in [5.41, 5.74) is 0.466. The quantitative estimate of drug-likeness (QED) is 0.840. The maximum Gasteiger partial charge on any atom is 0.253 e. The molecule has 0 aliphatic carbocycles. The molecule has 0 N–H and O–H groups in total. The topological polar surface area (TPSA) is 81.5 Å². The van der Waals surface area contributed by atoms with Crippen LogP contribution in [-0.4, -0.2) is 50.7 Å². The Morgan fingerprint density at radius 1 is 1.23 bits per heavy atom. The molecule has 0 atom stereocenters. The van der Waals surface area contributed by atoms with Crippen LogP contribution in [0.15, 0.2) is 29.2 Å². The van der Waals surface area contributed by atoms with E-state index in [0.29, 0.717) is 31.5 Å². The standard InChI is InChI=1S/C15H19N3O3S/c1-17(2)22(20,21)14-5-3-13(4-6-14)15(19)18-9-7-12(11-16)8-10-18/h3-6,12H,7-10H2,1-2H3. The largest absolute Gasteiger partial charge is 0.339 e. The molecule has 0 unspecified atom stereocenters. The number of carbonyl (C=O) groups excluding carboxylic acids is 1. The highest BCUT2D eigenvalue weighted by Gasteiger charge is 2.24. The predicted octanol–water partition coefficient (Wildman–Crippen LogP) is 1.31. The molecule has 1 heterocycles. The van der Waals surface area contributed by atoms with Crippen LogP contribution < -0.4 is 0 Å². The van der Waals surface area contributed by atoms with E-state index in [-0.39, 0.29) is 16.7 Å². The van der Waals surface area contributed by atoms with E-state index in [4.69, 9.17) is 5.26 Å². The third-order valence-electron chi connectivity index (χ3n) is 3.84. The van der Waals surface area contributed by atoms with E-state index < -0.39 is 10.0 Å². The summed E-state index contributed by atoms with van der Waals surface area (Å²) in [6, 6.07) is 8.20. The summed E-state index contributed by atoms with van der Waals surface area (Å²) in [6.45, 7) is 1.13. The molecule has 0 spiro atoms. The Kier molecular flexibility index (Phi) is 4.84. The van der Waals surface area contributed by atoms with Gasteiger partial charge < -0.3 is 4.90 Å². The van der Waals surface area contributed by atoms with Gasteiger partial charge in [-0.05, 0) is 37.1 Å². The first kappa shape index (κ1) is 16.5. The molecule has 0 bridgehead atoms. The zero-order valence-corrected chi connectivity index (χ0v) is 13.5. The van der Waals surface area contributed by atoms with Crippen molar-refractivity contribution >= 4 is 15.9 Å². The summed E-state index contributed by atoms with van der Waals surface area (Å²) >= 11 is 0.